The maximum Gasteiger partial charge on any atom is 0.238 e. The van der Waals surface area contributed by atoms with Crippen molar-refractivity contribution in [3.05, 3.63) is 29.3 Å². The van der Waals surface area contributed by atoms with Crippen molar-refractivity contribution in [3.8, 4) is 0 Å². The Hall–Kier alpha value is -1.35. The largest absolute Gasteiger partial charge is 0.325 e. The minimum atomic E-state index is 0.0369. The molecular weight excluding hydrogens is 212 g/mol. The zero-order valence-corrected chi connectivity index (χ0v) is 11.4. The fraction of sp³-hybridized carbons (Fsp3) is 0.500. The summed E-state index contributed by atoms with van der Waals surface area (Å²) in [6.45, 7) is 8.64. The van der Waals surface area contributed by atoms with E-state index in [4.69, 9.17) is 0 Å². The summed E-state index contributed by atoms with van der Waals surface area (Å²) in [5.74, 6) is 0.0369. The average Bonchev–Trinajstić information content (AvgIpc) is 2.24. The van der Waals surface area contributed by atoms with E-state index < -0.39 is 0 Å². The molecule has 1 N–H and O–H groups in total. The van der Waals surface area contributed by atoms with Crippen molar-refractivity contribution in [2.75, 3.05) is 18.9 Å². The van der Waals surface area contributed by atoms with Gasteiger partial charge in [-0.3, -0.25) is 9.69 Å². The number of amides is 1. The highest BCUT2D eigenvalue weighted by atomic mass is 16.2. The Morgan fingerprint density at radius 1 is 1.35 bits per heavy atom. The second-order valence-corrected chi connectivity index (χ2v) is 4.80. The maximum absolute atomic E-state index is 11.8. The molecule has 0 aliphatic carbocycles. The highest BCUT2D eigenvalue weighted by Gasteiger charge is 2.10. The summed E-state index contributed by atoms with van der Waals surface area (Å²) < 4.78 is 0. The summed E-state index contributed by atoms with van der Waals surface area (Å²) in [5.41, 5.74) is 3.24. The third-order valence-corrected chi connectivity index (χ3v) is 3.15. The first kappa shape index (κ1) is 13.7. The molecule has 0 fully saturated rings. The van der Waals surface area contributed by atoms with Crippen LogP contribution in [0.25, 0.3) is 0 Å². The molecule has 17 heavy (non-hydrogen) atoms. The molecule has 0 heterocycles. The van der Waals surface area contributed by atoms with Crippen LogP contribution in [0.2, 0.25) is 0 Å². The van der Waals surface area contributed by atoms with E-state index in [1.807, 2.05) is 44.0 Å². The molecule has 0 aromatic heterocycles. The van der Waals surface area contributed by atoms with Crippen LogP contribution in [0.15, 0.2) is 18.2 Å². The van der Waals surface area contributed by atoms with Crippen LogP contribution in [0, 0.1) is 13.8 Å². The van der Waals surface area contributed by atoms with E-state index in [1.165, 1.54) is 5.56 Å². The lowest BCUT2D eigenvalue weighted by Gasteiger charge is -2.20. The molecule has 0 aliphatic rings. The summed E-state index contributed by atoms with van der Waals surface area (Å²) in [5, 5.41) is 2.96. The Morgan fingerprint density at radius 3 is 2.59 bits per heavy atom. The number of likely N-dealkylation sites (N-methyl/N-ethyl adjacent to an activating group) is 1. The summed E-state index contributed by atoms with van der Waals surface area (Å²) in [6, 6.07) is 6.32. The van der Waals surface area contributed by atoms with Crippen molar-refractivity contribution in [3.63, 3.8) is 0 Å². The molecular formula is C14H22N2O. The van der Waals surface area contributed by atoms with Gasteiger partial charge in [-0.25, -0.2) is 0 Å². The number of anilines is 1. The van der Waals surface area contributed by atoms with Crippen molar-refractivity contribution in [2.24, 2.45) is 0 Å². The van der Waals surface area contributed by atoms with Crippen LogP contribution in [-0.4, -0.2) is 30.4 Å². The first-order chi connectivity index (χ1) is 7.91. The molecule has 0 bridgehead atoms. The van der Waals surface area contributed by atoms with Gasteiger partial charge in [-0.2, -0.15) is 0 Å². The van der Waals surface area contributed by atoms with Gasteiger partial charge in [-0.05, 0) is 51.9 Å². The molecule has 0 aliphatic heterocycles. The SMILES string of the molecule is Cc1cccc(NC(=O)CN(C)C(C)C)c1C. The van der Waals surface area contributed by atoms with E-state index in [-0.39, 0.29) is 5.91 Å². The third-order valence-electron chi connectivity index (χ3n) is 3.15. The topological polar surface area (TPSA) is 32.3 Å². The van der Waals surface area contributed by atoms with E-state index >= 15 is 0 Å². The number of aryl methyl sites for hydroxylation is 1. The molecule has 0 spiro atoms. The number of rotatable bonds is 4. The van der Waals surface area contributed by atoms with Crippen molar-refractivity contribution in [1.82, 2.24) is 4.90 Å². The fourth-order valence-corrected chi connectivity index (χ4v) is 1.49. The van der Waals surface area contributed by atoms with E-state index in [0.717, 1.165) is 11.3 Å². The summed E-state index contributed by atoms with van der Waals surface area (Å²) >= 11 is 0. The number of nitrogens with zero attached hydrogens (tertiary/aromatic N) is 1. The number of nitrogens with one attached hydrogen (secondary N) is 1. The molecule has 1 aromatic rings. The van der Waals surface area contributed by atoms with Crippen LogP contribution in [0.1, 0.15) is 25.0 Å². The first-order valence-corrected chi connectivity index (χ1v) is 5.98. The van der Waals surface area contributed by atoms with E-state index in [2.05, 4.69) is 19.2 Å². The van der Waals surface area contributed by atoms with E-state index in [0.29, 0.717) is 12.6 Å². The third kappa shape index (κ3) is 3.86. The quantitative estimate of drug-likeness (QED) is 0.868. The second-order valence-electron chi connectivity index (χ2n) is 4.80. The van der Waals surface area contributed by atoms with Gasteiger partial charge in [-0.15, -0.1) is 0 Å². The van der Waals surface area contributed by atoms with Gasteiger partial charge in [0.2, 0.25) is 5.91 Å². The number of hydrogen-bond donors (Lipinski definition) is 1. The molecule has 0 saturated carbocycles. The van der Waals surface area contributed by atoms with Gasteiger partial charge in [0.05, 0.1) is 6.54 Å². The van der Waals surface area contributed by atoms with Gasteiger partial charge in [0, 0.05) is 11.7 Å². The zero-order chi connectivity index (χ0) is 13.0. The fourth-order valence-electron chi connectivity index (χ4n) is 1.49. The van der Waals surface area contributed by atoms with Crippen LogP contribution in [0.4, 0.5) is 5.69 Å². The molecule has 1 aromatic carbocycles. The monoisotopic (exact) mass is 234 g/mol. The first-order valence-electron chi connectivity index (χ1n) is 5.98. The summed E-state index contributed by atoms with van der Waals surface area (Å²) in [4.78, 5) is 13.9. The lowest BCUT2D eigenvalue weighted by atomic mass is 10.1. The molecule has 1 amide bonds. The lowest BCUT2D eigenvalue weighted by Crippen LogP contribution is -2.34. The molecule has 0 atom stereocenters. The van der Waals surface area contributed by atoms with Crippen LogP contribution < -0.4 is 5.32 Å². The van der Waals surface area contributed by atoms with E-state index in [9.17, 15) is 4.79 Å². The summed E-state index contributed by atoms with van der Waals surface area (Å²) in [7, 11) is 1.95. The Bertz CT molecular complexity index is 399. The second kappa shape index (κ2) is 5.82. The molecule has 0 saturated heterocycles. The smallest absolute Gasteiger partial charge is 0.238 e. The highest BCUT2D eigenvalue weighted by Crippen LogP contribution is 2.17. The van der Waals surface area contributed by atoms with Crippen molar-refractivity contribution in [1.29, 1.82) is 0 Å². The Morgan fingerprint density at radius 2 is 2.00 bits per heavy atom. The van der Waals surface area contributed by atoms with Gasteiger partial charge >= 0.3 is 0 Å². The molecule has 94 valence electrons. The maximum atomic E-state index is 11.8. The average molecular weight is 234 g/mol. The standard InChI is InChI=1S/C14H22N2O/c1-10(2)16(5)9-14(17)15-13-8-6-7-11(3)12(13)4/h6-8,10H,9H2,1-5H3,(H,15,17). The van der Waals surface area contributed by atoms with Gasteiger partial charge in [0.25, 0.3) is 0 Å². The van der Waals surface area contributed by atoms with E-state index in [1.54, 1.807) is 0 Å². The minimum Gasteiger partial charge on any atom is -0.325 e. The van der Waals surface area contributed by atoms with Crippen LogP contribution in [-0.2, 0) is 4.79 Å². The Balaban J connectivity index is 2.66. The number of benzene rings is 1. The minimum absolute atomic E-state index is 0.0369. The number of carbonyl (C=O) groups excluding carboxylic acids is 1. The number of carbonyl (C=O) groups is 1. The molecule has 3 nitrogen and oxygen atoms in total. The lowest BCUT2D eigenvalue weighted by molar-refractivity contribution is -0.117. The molecule has 1 rings (SSSR count). The van der Waals surface area contributed by atoms with Crippen LogP contribution in [0.5, 0.6) is 0 Å². The van der Waals surface area contributed by atoms with Gasteiger partial charge < -0.3 is 5.32 Å². The van der Waals surface area contributed by atoms with Crippen molar-refractivity contribution >= 4 is 11.6 Å². The highest BCUT2D eigenvalue weighted by molar-refractivity contribution is 5.93. The van der Waals surface area contributed by atoms with Crippen LogP contribution >= 0.6 is 0 Å². The van der Waals surface area contributed by atoms with Gasteiger partial charge in [-0.1, -0.05) is 12.1 Å². The van der Waals surface area contributed by atoms with Gasteiger partial charge in [0.15, 0.2) is 0 Å². The Labute approximate surface area is 104 Å². The molecule has 0 unspecified atom stereocenters. The predicted molar refractivity (Wildman–Crippen MR) is 72.3 cm³/mol. The van der Waals surface area contributed by atoms with Crippen molar-refractivity contribution < 1.29 is 4.79 Å². The van der Waals surface area contributed by atoms with Crippen LogP contribution in [0.3, 0.4) is 0 Å². The normalized spacial score (nSPS) is 11.0. The number of hydrogen-bond acceptors (Lipinski definition) is 2. The predicted octanol–water partition coefficient (Wildman–Crippen LogP) is 2.58. The summed E-state index contributed by atoms with van der Waals surface area (Å²) in [6.07, 6.45) is 0. The van der Waals surface area contributed by atoms with Gasteiger partial charge in [0.1, 0.15) is 0 Å². The Kier molecular flexibility index (Phi) is 4.70. The van der Waals surface area contributed by atoms with Crippen molar-refractivity contribution in [2.45, 2.75) is 33.7 Å². The molecule has 0 radical (unpaired) electrons. The molecule has 3 heteroatoms. The zero-order valence-electron chi connectivity index (χ0n) is 11.4.